The number of ether oxygens (including phenoxy) is 1. The molecule has 0 radical (unpaired) electrons. The van der Waals surface area contributed by atoms with E-state index in [9.17, 15) is 9.59 Å². The minimum absolute atomic E-state index is 0.0788. The van der Waals surface area contributed by atoms with Gasteiger partial charge in [-0.1, -0.05) is 32.1 Å². The molecule has 1 aliphatic carbocycles. The predicted molar refractivity (Wildman–Crippen MR) is 89.1 cm³/mol. The summed E-state index contributed by atoms with van der Waals surface area (Å²) in [7, 11) is 0. The standard InChI is InChI=1S/C17H32N2O4/c1-17(2,3)23-15(21)13-18-16(22)19(11-12-20)10-9-14-7-5-4-6-8-14/h14,20H,4-13H2,1-3H3,(H,18,22). The maximum Gasteiger partial charge on any atom is 0.325 e. The Kier molecular flexibility index (Phi) is 8.37. The molecule has 0 aromatic heterocycles. The van der Waals surface area contributed by atoms with E-state index in [0.717, 1.165) is 6.42 Å². The molecule has 0 aromatic carbocycles. The number of carbonyl (C=O) groups is 2. The third kappa shape index (κ3) is 8.79. The van der Waals surface area contributed by atoms with E-state index in [-0.39, 0.29) is 25.7 Å². The molecule has 23 heavy (non-hydrogen) atoms. The van der Waals surface area contributed by atoms with Crippen molar-refractivity contribution in [2.75, 3.05) is 26.2 Å². The Bertz CT molecular complexity index is 373. The molecule has 0 spiro atoms. The summed E-state index contributed by atoms with van der Waals surface area (Å²) in [5, 5.41) is 11.7. The van der Waals surface area contributed by atoms with E-state index >= 15 is 0 Å². The summed E-state index contributed by atoms with van der Waals surface area (Å²) in [6.45, 7) is 6.03. The second kappa shape index (κ2) is 9.75. The Morgan fingerprint density at radius 2 is 1.83 bits per heavy atom. The molecular weight excluding hydrogens is 296 g/mol. The SMILES string of the molecule is CC(C)(C)OC(=O)CNC(=O)N(CCO)CCC1CCCCC1. The molecule has 6 heteroatoms. The first-order valence-electron chi connectivity index (χ1n) is 8.67. The number of nitrogens with one attached hydrogen (secondary N) is 1. The highest BCUT2D eigenvalue weighted by molar-refractivity contribution is 5.81. The second-order valence-corrected chi connectivity index (χ2v) is 7.25. The summed E-state index contributed by atoms with van der Waals surface area (Å²) >= 11 is 0. The maximum atomic E-state index is 12.2. The summed E-state index contributed by atoms with van der Waals surface area (Å²) in [5.41, 5.74) is -0.562. The molecular formula is C17H32N2O4. The smallest absolute Gasteiger partial charge is 0.325 e. The molecule has 1 fully saturated rings. The molecule has 1 saturated carbocycles. The van der Waals surface area contributed by atoms with Crippen molar-refractivity contribution in [2.24, 2.45) is 5.92 Å². The number of carbonyl (C=O) groups excluding carboxylic acids is 2. The van der Waals surface area contributed by atoms with Crippen LogP contribution in [0.15, 0.2) is 0 Å². The lowest BCUT2D eigenvalue weighted by Crippen LogP contribution is -2.45. The first-order chi connectivity index (χ1) is 10.8. The number of aliphatic hydroxyl groups excluding tert-OH is 1. The van der Waals surface area contributed by atoms with Crippen molar-refractivity contribution in [3.63, 3.8) is 0 Å². The quantitative estimate of drug-likeness (QED) is 0.703. The van der Waals surface area contributed by atoms with E-state index in [0.29, 0.717) is 12.5 Å². The third-order valence-corrected chi connectivity index (χ3v) is 3.99. The first-order valence-corrected chi connectivity index (χ1v) is 8.67. The molecule has 0 bridgehead atoms. The average Bonchev–Trinajstić information content (AvgIpc) is 2.48. The van der Waals surface area contributed by atoms with Crippen LogP contribution in [0.1, 0.15) is 59.3 Å². The van der Waals surface area contributed by atoms with Crippen LogP contribution < -0.4 is 5.32 Å². The van der Waals surface area contributed by atoms with Gasteiger partial charge in [-0.2, -0.15) is 0 Å². The zero-order chi connectivity index (χ0) is 17.3. The zero-order valence-electron chi connectivity index (χ0n) is 14.8. The largest absolute Gasteiger partial charge is 0.459 e. The van der Waals surface area contributed by atoms with Gasteiger partial charge in [0.1, 0.15) is 12.1 Å². The molecule has 0 unspecified atom stereocenters. The lowest BCUT2D eigenvalue weighted by atomic mass is 9.87. The van der Waals surface area contributed by atoms with E-state index in [4.69, 9.17) is 9.84 Å². The van der Waals surface area contributed by atoms with E-state index in [1.54, 1.807) is 25.7 Å². The second-order valence-electron chi connectivity index (χ2n) is 7.25. The molecule has 0 aromatic rings. The fraction of sp³-hybridized carbons (Fsp3) is 0.882. The van der Waals surface area contributed by atoms with Crippen molar-refractivity contribution >= 4 is 12.0 Å². The number of rotatable bonds is 7. The van der Waals surface area contributed by atoms with Crippen LogP contribution in [0.4, 0.5) is 4.79 Å². The van der Waals surface area contributed by atoms with Gasteiger partial charge in [0, 0.05) is 13.1 Å². The highest BCUT2D eigenvalue weighted by atomic mass is 16.6. The number of nitrogens with zero attached hydrogens (tertiary/aromatic N) is 1. The molecule has 1 rings (SSSR count). The number of hydrogen-bond acceptors (Lipinski definition) is 4. The van der Waals surface area contributed by atoms with Crippen LogP contribution in [0.25, 0.3) is 0 Å². The van der Waals surface area contributed by atoms with Crippen molar-refractivity contribution < 1.29 is 19.4 Å². The predicted octanol–water partition coefficient (Wildman–Crippen LogP) is 2.30. The van der Waals surface area contributed by atoms with Crippen molar-refractivity contribution in [3.8, 4) is 0 Å². The topological polar surface area (TPSA) is 78.9 Å². The van der Waals surface area contributed by atoms with Crippen LogP contribution in [0, 0.1) is 5.92 Å². The van der Waals surface area contributed by atoms with E-state index < -0.39 is 11.6 Å². The van der Waals surface area contributed by atoms with Crippen molar-refractivity contribution in [1.29, 1.82) is 0 Å². The van der Waals surface area contributed by atoms with Gasteiger partial charge in [0.15, 0.2) is 0 Å². The molecule has 0 saturated heterocycles. The minimum atomic E-state index is -0.562. The molecule has 0 heterocycles. The van der Waals surface area contributed by atoms with Gasteiger partial charge >= 0.3 is 12.0 Å². The van der Waals surface area contributed by atoms with Gasteiger partial charge < -0.3 is 20.1 Å². The monoisotopic (exact) mass is 328 g/mol. The van der Waals surface area contributed by atoms with Crippen LogP contribution in [-0.4, -0.2) is 53.8 Å². The first kappa shape index (κ1) is 19.7. The lowest BCUT2D eigenvalue weighted by Gasteiger charge is -2.27. The summed E-state index contributed by atoms with van der Waals surface area (Å²) < 4.78 is 5.16. The molecule has 134 valence electrons. The number of aliphatic hydroxyl groups is 1. The van der Waals surface area contributed by atoms with E-state index in [2.05, 4.69) is 5.32 Å². The Hall–Kier alpha value is -1.30. The number of esters is 1. The Balaban J connectivity index is 2.36. The van der Waals surface area contributed by atoms with Crippen molar-refractivity contribution in [1.82, 2.24) is 10.2 Å². The molecule has 0 atom stereocenters. The lowest BCUT2D eigenvalue weighted by molar-refractivity contribution is -0.153. The van der Waals surface area contributed by atoms with E-state index in [1.165, 1.54) is 32.1 Å². The summed E-state index contributed by atoms with van der Waals surface area (Å²) in [5.74, 6) is 0.214. The van der Waals surface area contributed by atoms with Crippen LogP contribution in [0.2, 0.25) is 0 Å². The van der Waals surface area contributed by atoms with Gasteiger partial charge in [-0.3, -0.25) is 4.79 Å². The Morgan fingerprint density at radius 3 is 2.39 bits per heavy atom. The van der Waals surface area contributed by atoms with Gasteiger partial charge in [-0.25, -0.2) is 4.79 Å². The summed E-state index contributed by atoms with van der Waals surface area (Å²) in [6.07, 6.45) is 7.27. The number of amides is 2. The van der Waals surface area contributed by atoms with Gasteiger partial charge in [-0.05, 0) is 33.1 Å². The van der Waals surface area contributed by atoms with Gasteiger partial charge in [0.05, 0.1) is 6.61 Å². The Labute approximate surface area is 139 Å². The van der Waals surface area contributed by atoms with Crippen LogP contribution in [0.5, 0.6) is 0 Å². The molecule has 2 N–H and O–H groups in total. The Morgan fingerprint density at radius 1 is 1.17 bits per heavy atom. The minimum Gasteiger partial charge on any atom is -0.459 e. The summed E-state index contributed by atoms with van der Waals surface area (Å²) in [4.78, 5) is 25.4. The fourth-order valence-electron chi connectivity index (χ4n) is 2.89. The van der Waals surface area contributed by atoms with Gasteiger partial charge in [-0.15, -0.1) is 0 Å². The summed E-state index contributed by atoms with van der Waals surface area (Å²) in [6, 6.07) is -0.319. The molecule has 6 nitrogen and oxygen atoms in total. The third-order valence-electron chi connectivity index (χ3n) is 3.99. The maximum absolute atomic E-state index is 12.2. The van der Waals surface area contributed by atoms with Crippen LogP contribution in [0.3, 0.4) is 0 Å². The van der Waals surface area contributed by atoms with Gasteiger partial charge in [0.25, 0.3) is 0 Å². The fourth-order valence-corrected chi connectivity index (χ4v) is 2.89. The normalized spacial score (nSPS) is 16.0. The van der Waals surface area contributed by atoms with E-state index in [1.807, 2.05) is 0 Å². The van der Waals surface area contributed by atoms with Gasteiger partial charge in [0.2, 0.25) is 0 Å². The molecule has 0 aliphatic heterocycles. The highest BCUT2D eigenvalue weighted by Crippen LogP contribution is 2.26. The van der Waals surface area contributed by atoms with Crippen molar-refractivity contribution in [3.05, 3.63) is 0 Å². The van der Waals surface area contributed by atoms with Crippen LogP contribution in [-0.2, 0) is 9.53 Å². The number of hydrogen-bond donors (Lipinski definition) is 2. The van der Waals surface area contributed by atoms with Crippen molar-refractivity contribution in [2.45, 2.75) is 64.9 Å². The highest BCUT2D eigenvalue weighted by Gasteiger charge is 2.20. The molecule has 2 amide bonds. The average molecular weight is 328 g/mol. The van der Waals surface area contributed by atoms with Crippen LogP contribution >= 0.6 is 0 Å². The zero-order valence-corrected chi connectivity index (χ0v) is 14.8. The molecule has 1 aliphatic rings. The number of urea groups is 1.